The maximum Gasteiger partial charge on any atom is 0.490 e. The highest BCUT2D eigenvalue weighted by molar-refractivity contribution is 6.07. The van der Waals surface area contributed by atoms with Gasteiger partial charge in [-0.3, -0.25) is 19.5 Å². The van der Waals surface area contributed by atoms with Gasteiger partial charge in [0.1, 0.15) is 12.0 Å². The molecule has 0 bridgehead atoms. The van der Waals surface area contributed by atoms with Crippen molar-refractivity contribution in [3.8, 4) is 0 Å². The van der Waals surface area contributed by atoms with Crippen LogP contribution in [0.3, 0.4) is 0 Å². The van der Waals surface area contributed by atoms with Crippen LogP contribution in [0.1, 0.15) is 33.9 Å². The molecular formula is C26H23F8N7O6. The number of aliphatic imine (C=N–C) groups is 1. The average Bonchev–Trinajstić information content (AvgIpc) is 3.45. The van der Waals surface area contributed by atoms with E-state index in [1.165, 1.54) is 18.3 Å². The summed E-state index contributed by atoms with van der Waals surface area (Å²) in [5, 5.41) is 33.7. The van der Waals surface area contributed by atoms with Crippen molar-refractivity contribution in [1.29, 1.82) is 0 Å². The minimum atomic E-state index is -5.08. The van der Waals surface area contributed by atoms with Gasteiger partial charge in [0.05, 0.1) is 55.1 Å². The number of alkyl halides is 7. The van der Waals surface area contributed by atoms with Crippen LogP contribution in [0.2, 0.25) is 0 Å². The van der Waals surface area contributed by atoms with E-state index in [9.17, 15) is 49.5 Å². The van der Waals surface area contributed by atoms with Crippen LogP contribution in [0.5, 0.6) is 0 Å². The quantitative estimate of drug-likeness (QED) is 0.175. The summed E-state index contributed by atoms with van der Waals surface area (Å²) >= 11 is 0. The van der Waals surface area contributed by atoms with E-state index in [2.05, 4.69) is 36.5 Å². The Morgan fingerprint density at radius 1 is 1.04 bits per heavy atom. The highest BCUT2D eigenvalue weighted by Gasteiger charge is 2.38. The number of aromatic nitrogens is 2. The molecule has 1 aromatic heterocycles. The zero-order chi connectivity index (χ0) is 35.1. The number of aliphatic carboxylic acids is 2. The molecule has 254 valence electrons. The van der Waals surface area contributed by atoms with Gasteiger partial charge >= 0.3 is 24.3 Å². The Kier molecular flexibility index (Phi) is 11.3. The van der Waals surface area contributed by atoms with Crippen LogP contribution in [-0.2, 0) is 20.6 Å². The van der Waals surface area contributed by atoms with Gasteiger partial charge in [0.15, 0.2) is 5.96 Å². The molecule has 2 aromatic carbocycles. The van der Waals surface area contributed by atoms with Gasteiger partial charge in [0, 0.05) is 16.5 Å². The first-order valence-electron chi connectivity index (χ1n) is 13.0. The number of H-pyrrole nitrogens is 1. The molecule has 3 aromatic rings. The molecule has 13 nitrogen and oxygen atoms in total. The Labute approximate surface area is 257 Å². The van der Waals surface area contributed by atoms with E-state index in [4.69, 9.17) is 15.0 Å². The second kappa shape index (κ2) is 14.7. The third-order valence-corrected chi connectivity index (χ3v) is 6.08. The van der Waals surface area contributed by atoms with E-state index in [-0.39, 0.29) is 24.6 Å². The molecule has 21 heteroatoms. The van der Waals surface area contributed by atoms with Crippen LogP contribution < -0.4 is 21.3 Å². The predicted molar refractivity (Wildman–Crippen MR) is 145 cm³/mol. The van der Waals surface area contributed by atoms with Crippen molar-refractivity contribution in [2.75, 3.05) is 25.0 Å². The van der Waals surface area contributed by atoms with Gasteiger partial charge in [-0.15, -0.1) is 0 Å². The number of carbonyl (C=O) groups is 4. The number of benzene rings is 2. The molecule has 0 saturated heterocycles. The molecule has 2 atom stereocenters. The van der Waals surface area contributed by atoms with Crippen LogP contribution in [0.15, 0.2) is 41.5 Å². The minimum absolute atomic E-state index is 0.0446. The average molecular weight is 681 g/mol. The Balaban J connectivity index is 0.000000771. The molecule has 0 radical (unpaired) electrons. The molecule has 2 unspecified atom stereocenters. The smallest absolute Gasteiger partial charge is 0.481 e. The lowest BCUT2D eigenvalue weighted by atomic mass is 10.00. The number of nitrogens with zero attached hydrogens (tertiary/aromatic N) is 2. The van der Waals surface area contributed by atoms with E-state index in [0.717, 1.165) is 0 Å². The number of halogens is 8. The monoisotopic (exact) mass is 681 g/mol. The Bertz CT molecular complexity index is 1680. The number of anilines is 1. The first kappa shape index (κ1) is 36.0. The predicted octanol–water partition coefficient (Wildman–Crippen LogP) is 3.13. The molecule has 7 N–H and O–H groups in total. The van der Waals surface area contributed by atoms with E-state index in [1.807, 2.05) is 0 Å². The zero-order valence-electron chi connectivity index (χ0n) is 23.4. The molecular weight excluding hydrogens is 658 g/mol. The molecule has 1 aliphatic rings. The van der Waals surface area contributed by atoms with E-state index >= 15 is 0 Å². The van der Waals surface area contributed by atoms with E-state index in [0.29, 0.717) is 34.8 Å². The Hall–Kier alpha value is -5.50. The first-order valence-corrected chi connectivity index (χ1v) is 13.0. The van der Waals surface area contributed by atoms with Gasteiger partial charge in [-0.25, -0.2) is 18.6 Å². The second-order valence-electron chi connectivity index (χ2n) is 9.59. The molecule has 2 heterocycles. The van der Waals surface area contributed by atoms with Gasteiger partial charge in [-0.2, -0.15) is 31.4 Å². The molecule has 47 heavy (non-hydrogen) atoms. The third-order valence-electron chi connectivity index (χ3n) is 6.08. The fourth-order valence-corrected chi connectivity index (χ4v) is 3.92. The summed E-state index contributed by atoms with van der Waals surface area (Å²) < 4.78 is 98.7. The van der Waals surface area contributed by atoms with Crippen LogP contribution in [0.4, 0.5) is 40.8 Å². The van der Waals surface area contributed by atoms with Crippen molar-refractivity contribution in [3.05, 3.63) is 59.0 Å². The molecule has 0 aliphatic carbocycles. The number of carboxylic acid groups (broad SMARTS) is 2. The minimum Gasteiger partial charge on any atom is -0.481 e. The van der Waals surface area contributed by atoms with Crippen molar-refractivity contribution in [2.45, 2.75) is 31.0 Å². The third kappa shape index (κ3) is 10.3. The molecule has 0 spiro atoms. The number of aromatic amines is 1. The molecule has 4 rings (SSSR count). The lowest BCUT2D eigenvalue weighted by Gasteiger charge is -2.20. The molecule has 1 aliphatic heterocycles. The summed E-state index contributed by atoms with van der Waals surface area (Å²) in [5.41, 5.74) is -0.986. The summed E-state index contributed by atoms with van der Waals surface area (Å²) in [6.45, 7) is -0.708. The number of carbonyl (C=O) groups excluding carboxylic acids is 2. The maximum atomic E-state index is 14.3. The fourth-order valence-electron chi connectivity index (χ4n) is 3.92. The summed E-state index contributed by atoms with van der Waals surface area (Å²) in [5.74, 6) is -6.84. The number of nitrogens with one attached hydrogen (secondary N) is 5. The van der Waals surface area contributed by atoms with Gasteiger partial charge in [-0.05, 0) is 30.3 Å². The van der Waals surface area contributed by atoms with Crippen LogP contribution in [-0.4, -0.2) is 82.1 Å². The largest absolute Gasteiger partial charge is 0.490 e. The number of fused-ring (bicyclic) bond motifs is 1. The van der Waals surface area contributed by atoms with E-state index < -0.39 is 78.2 Å². The second-order valence-corrected chi connectivity index (χ2v) is 9.59. The standard InChI is InChI=1S/C24H22F5N7O4.C2HF3O2/c25-13-7-31-23(32-8-13)35-17-3-11(4-19-15(17)9-33-36-19)22(40)30-10-20(37)34-18(6-21(38)39)14-5-12(24(27,28)29)1-2-16(14)26;3-2(4,5)1(6)7/h1-5,9,13,18H,6-8,10H2,(H,30,40)(H,33,36)(H,34,37)(H,38,39)(H2,31,32,35);(H,6,7). The lowest BCUT2D eigenvalue weighted by molar-refractivity contribution is -0.192. The lowest BCUT2D eigenvalue weighted by Crippen LogP contribution is -2.41. The number of guanidine groups is 1. The highest BCUT2D eigenvalue weighted by Crippen LogP contribution is 2.32. The molecule has 0 fully saturated rings. The topological polar surface area (TPSA) is 198 Å². The van der Waals surface area contributed by atoms with Crippen molar-refractivity contribution < 1.29 is 64.5 Å². The SMILES string of the molecule is O=C(O)C(F)(F)F.O=C(O)CC(NC(=O)CNC(=O)c1cc(NC2=NCC(F)CN2)c2cn[nH]c2c1)c1cc(C(F)(F)F)ccc1F. The van der Waals surface area contributed by atoms with Crippen molar-refractivity contribution in [1.82, 2.24) is 26.1 Å². The number of hydrogen-bond acceptors (Lipinski definition) is 8. The van der Waals surface area contributed by atoms with Gasteiger partial charge < -0.3 is 31.5 Å². The van der Waals surface area contributed by atoms with Crippen molar-refractivity contribution >= 4 is 46.3 Å². The van der Waals surface area contributed by atoms with Gasteiger partial charge in [-0.1, -0.05) is 0 Å². The summed E-state index contributed by atoms with van der Waals surface area (Å²) in [4.78, 5) is 49.5. The van der Waals surface area contributed by atoms with Crippen molar-refractivity contribution in [2.24, 2.45) is 4.99 Å². The summed E-state index contributed by atoms with van der Waals surface area (Å²) in [6, 6.07) is 2.68. The molecule has 0 saturated carbocycles. The summed E-state index contributed by atoms with van der Waals surface area (Å²) in [6.07, 6.45) is -10.5. The normalized spacial score (nSPS) is 15.3. The van der Waals surface area contributed by atoms with Crippen LogP contribution >= 0.6 is 0 Å². The molecule has 2 amide bonds. The zero-order valence-corrected chi connectivity index (χ0v) is 23.4. The van der Waals surface area contributed by atoms with Gasteiger partial charge in [0.25, 0.3) is 5.91 Å². The van der Waals surface area contributed by atoms with Crippen LogP contribution in [0, 0.1) is 5.82 Å². The van der Waals surface area contributed by atoms with Gasteiger partial charge in [0.2, 0.25) is 5.91 Å². The highest BCUT2D eigenvalue weighted by atomic mass is 19.4. The summed E-state index contributed by atoms with van der Waals surface area (Å²) in [7, 11) is 0. The number of carboxylic acids is 2. The number of amides is 2. The maximum absolute atomic E-state index is 14.3. The van der Waals surface area contributed by atoms with Crippen LogP contribution in [0.25, 0.3) is 10.9 Å². The Morgan fingerprint density at radius 3 is 2.30 bits per heavy atom. The number of hydrogen-bond donors (Lipinski definition) is 7. The fraction of sp³-hybridized carbons (Fsp3) is 0.308. The first-order chi connectivity index (χ1) is 21.8. The Morgan fingerprint density at radius 2 is 1.72 bits per heavy atom. The number of rotatable bonds is 8. The van der Waals surface area contributed by atoms with E-state index in [1.54, 1.807) is 0 Å². The van der Waals surface area contributed by atoms with Crippen molar-refractivity contribution in [3.63, 3.8) is 0 Å².